The number of benzene rings is 1. The van der Waals surface area contributed by atoms with Crippen molar-refractivity contribution < 1.29 is 13.2 Å². The molecule has 0 N–H and O–H groups in total. The van der Waals surface area contributed by atoms with Gasteiger partial charge in [-0.2, -0.15) is 13.2 Å². The Hall–Kier alpha value is -0.810. The van der Waals surface area contributed by atoms with Crippen molar-refractivity contribution in [2.24, 2.45) is 0 Å². The summed E-state index contributed by atoms with van der Waals surface area (Å²) >= 11 is 4.91. The monoisotopic (exact) mass is 334 g/mol. The van der Waals surface area contributed by atoms with Crippen LogP contribution in [0.25, 0.3) is 0 Å². The van der Waals surface area contributed by atoms with E-state index in [9.17, 15) is 13.2 Å². The predicted molar refractivity (Wildman–Crippen MR) is 71.1 cm³/mol. The molecule has 0 radical (unpaired) electrons. The molecule has 96 valence electrons. The van der Waals surface area contributed by atoms with Crippen LogP contribution in [0, 0.1) is 0 Å². The number of alkyl halides is 4. The van der Waals surface area contributed by atoms with Crippen molar-refractivity contribution in [3.05, 3.63) is 57.8 Å². The van der Waals surface area contributed by atoms with E-state index in [1.807, 2.05) is 17.5 Å². The lowest BCUT2D eigenvalue weighted by Gasteiger charge is -2.16. The summed E-state index contributed by atoms with van der Waals surface area (Å²) in [4.78, 5) is 0.739. The molecule has 0 bridgehead atoms. The summed E-state index contributed by atoms with van der Waals surface area (Å²) in [5.74, 6) is 0. The first-order valence-corrected chi connectivity index (χ1v) is 7.10. The largest absolute Gasteiger partial charge is 0.416 e. The third kappa shape index (κ3) is 3.14. The van der Waals surface area contributed by atoms with Gasteiger partial charge in [0, 0.05) is 9.70 Å². The number of rotatable bonds is 3. The summed E-state index contributed by atoms with van der Waals surface area (Å²) < 4.78 is 38.6. The molecule has 2 rings (SSSR count). The zero-order valence-electron chi connectivity index (χ0n) is 9.25. The van der Waals surface area contributed by atoms with Gasteiger partial charge in [0.1, 0.15) is 0 Å². The maximum Gasteiger partial charge on any atom is 0.416 e. The molecule has 1 aromatic carbocycles. The van der Waals surface area contributed by atoms with E-state index in [-0.39, 0.29) is 4.83 Å². The topological polar surface area (TPSA) is 0 Å². The molecule has 5 heteroatoms. The Kier molecular flexibility index (Phi) is 4.12. The van der Waals surface area contributed by atoms with E-state index in [1.165, 1.54) is 12.1 Å². The van der Waals surface area contributed by atoms with Crippen LogP contribution in [0.15, 0.2) is 41.8 Å². The van der Waals surface area contributed by atoms with Gasteiger partial charge in [-0.3, -0.25) is 0 Å². The van der Waals surface area contributed by atoms with Crippen molar-refractivity contribution in [1.82, 2.24) is 0 Å². The molecule has 0 saturated carbocycles. The molecule has 0 fully saturated rings. The lowest BCUT2D eigenvalue weighted by atomic mass is 10.0. The van der Waals surface area contributed by atoms with Crippen LogP contribution in [-0.2, 0) is 12.6 Å². The molecule has 1 unspecified atom stereocenters. The van der Waals surface area contributed by atoms with Gasteiger partial charge < -0.3 is 0 Å². The van der Waals surface area contributed by atoms with Crippen LogP contribution in [0.5, 0.6) is 0 Å². The van der Waals surface area contributed by atoms with E-state index >= 15 is 0 Å². The van der Waals surface area contributed by atoms with Crippen LogP contribution in [0.3, 0.4) is 0 Å². The minimum Gasteiger partial charge on any atom is -0.166 e. The van der Waals surface area contributed by atoms with Crippen LogP contribution >= 0.6 is 27.3 Å². The fourth-order valence-corrected chi connectivity index (χ4v) is 3.46. The second-order valence-corrected chi connectivity index (χ2v) is 5.97. The third-order valence-corrected chi connectivity index (χ3v) is 4.28. The molecule has 0 nitrogen and oxygen atoms in total. The minimum atomic E-state index is -4.31. The van der Waals surface area contributed by atoms with Gasteiger partial charge in [-0.1, -0.05) is 40.2 Å². The summed E-state index contributed by atoms with van der Waals surface area (Å²) in [5.41, 5.74) is -0.276. The SMILES string of the molecule is FC(F)(F)c1ccccc1C(Br)Cc1cccs1. The average Bonchev–Trinajstić information content (AvgIpc) is 2.80. The van der Waals surface area contributed by atoms with Crippen LogP contribution in [0.1, 0.15) is 20.8 Å². The van der Waals surface area contributed by atoms with Gasteiger partial charge in [-0.25, -0.2) is 0 Å². The van der Waals surface area contributed by atoms with Crippen molar-refractivity contribution >= 4 is 27.3 Å². The minimum absolute atomic E-state index is 0.290. The highest BCUT2D eigenvalue weighted by atomic mass is 79.9. The van der Waals surface area contributed by atoms with Crippen molar-refractivity contribution in [3.8, 4) is 0 Å². The van der Waals surface area contributed by atoms with E-state index in [0.717, 1.165) is 10.9 Å². The Morgan fingerprint density at radius 1 is 1.11 bits per heavy atom. The first-order valence-electron chi connectivity index (χ1n) is 5.31. The van der Waals surface area contributed by atoms with Crippen LogP contribution in [0.4, 0.5) is 13.2 Å². The van der Waals surface area contributed by atoms with Gasteiger partial charge in [0.25, 0.3) is 0 Å². The van der Waals surface area contributed by atoms with Gasteiger partial charge in [-0.15, -0.1) is 11.3 Å². The highest BCUT2D eigenvalue weighted by molar-refractivity contribution is 9.09. The lowest BCUT2D eigenvalue weighted by molar-refractivity contribution is -0.138. The molecule has 18 heavy (non-hydrogen) atoms. The first kappa shape index (κ1) is 13.6. The van der Waals surface area contributed by atoms with Gasteiger partial charge in [0.2, 0.25) is 0 Å². The quantitative estimate of drug-likeness (QED) is 0.655. The number of thiophene rings is 1. The Balaban J connectivity index is 2.27. The molecule has 1 heterocycles. The Morgan fingerprint density at radius 2 is 1.83 bits per heavy atom. The van der Waals surface area contributed by atoms with Gasteiger partial charge in [0.15, 0.2) is 0 Å². The standard InChI is InChI=1S/C13H10BrF3S/c14-12(8-9-4-3-7-18-9)10-5-1-2-6-11(10)13(15,16)17/h1-7,12H,8H2. The molecule has 0 spiro atoms. The lowest BCUT2D eigenvalue weighted by Crippen LogP contribution is -2.10. The number of halogens is 4. The second kappa shape index (κ2) is 5.45. The van der Waals surface area contributed by atoms with E-state index in [1.54, 1.807) is 17.4 Å². The second-order valence-electron chi connectivity index (χ2n) is 3.84. The third-order valence-electron chi connectivity index (χ3n) is 2.56. The smallest absolute Gasteiger partial charge is 0.166 e. The van der Waals surface area contributed by atoms with Crippen molar-refractivity contribution in [1.29, 1.82) is 0 Å². The van der Waals surface area contributed by atoms with Crippen LogP contribution in [0.2, 0.25) is 0 Å². The maximum atomic E-state index is 12.9. The molecule has 2 aromatic rings. The summed E-state index contributed by atoms with van der Waals surface area (Å²) in [5, 5.41) is 1.92. The molecular weight excluding hydrogens is 325 g/mol. The van der Waals surface area contributed by atoms with Gasteiger partial charge in [-0.05, 0) is 29.5 Å². The summed E-state index contributed by atoms with van der Waals surface area (Å²) in [6.07, 6.45) is -3.75. The molecule has 0 aliphatic rings. The molecule has 0 aliphatic carbocycles. The Morgan fingerprint density at radius 3 is 2.44 bits per heavy atom. The number of hydrogen-bond donors (Lipinski definition) is 0. The zero-order chi connectivity index (χ0) is 13.2. The molecule has 1 aromatic heterocycles. The Bertz CT molecular complexity index is 505. The highest BCUT2D eigenvalue weighted by Gasteiger charge is 2.34. The fraction of sp³-hybridized carbons (Fsp3) is 0.231. The summed E-state index contributed by atoms with van der Waals surface area (Å²) in [6.45, 7) is 0. The predicted octanol–water partition coefficient (Wildman–Crippen LogP) is 5.45. The van der Waals surface area contributed by atoms with Gasteiger partial charge in [0.05, 0.1) is 5.56 Å². The van der Waals surface area contributed by atoms with Crippen molar-refractivity contribution in [3.63, 3.8) is 0 Å². The molecule has 0 aliphatic heterocycles. The molecule has 0 saturated heterocycles. The van der Waals surface area contributed by atoms with Crippen molar-refractivity contribution in [2.75, 3.05) is 0 Å². The van der Waals surface area contributed by atoms with E-state index in [4.69, 9.17) is 0 Å². The number of hydrogen-bond acceptors (Lipinski definition) is 1. The average molecular weight is 335 g/mol. The van der Waals surface area contributed by atoms with E-state index < -0.39 is 11.7 Å². The maximum absolute atomic E-state index is 12.9. The molecular formula is C13H10BrF3S. The molecule has 0 amide bonds. The summed E-state index contributed by atoms with van der Waals surface area (Å²) in [6, 6.07) is 9.52. The van der Waals surface area contributed by atoms with Crippen LogP contribution < -0.4 is 0 Å². The Labute approximate surface area is 116 Å². The van der Waals surface area contributed by atoms with Crippen molar-refractivity contribution in [2.45, 2.75) is 17.4 Å². The fourth-order valence-electron chi connectivity index (χ4n) is 1.74. The van der Waals surface area contributed by atoms with E-state index in [0.29, 0.717) is 12.0 Å². The van der Waals surface area contributed by atoms with Crippen LogP contribution in [-0.4, -0.2) is 0 Å². The highest BCUT2D eigenvalue weighted by Crippen LogP contribution is 2.38. The van der Waals surface area contributed by atoms with Gasteiger partial charge >= 0.3 is 6.18 Å². The zero-order valence-corrected chi connectivity index (χ0v) is 11.6. The van der Waals surface area contributed by atoms with E-state index in [2.05, 4.69) is 15.9 Å². The molecule has 1 atom stereocenters. The first-order chi connectivity index (χ1) is 8.48. The normalized spacial score (nSPS) is 13.6. The summed E-state index contributed by atoms with van der Waals surface area (Å²) in [7, 11) is 0.